The van der Waals surface area contributed by atoms with E-state index in [9.17, 15) is 18.0 Å². The van der Waals surface area contributed by atoms with Gasteiger partial charge in [-0.2, -0.15) is 0 Å². The van der Waals surface area contributed by atoms with E-state index in [2.05, 4.69) is 5.32 Å². The van der Waals surface area contributed by atoms with Crippen LogP contribution in [-0.2, 0) is 26.2 Å². The van der Waals surface area contributed by atoms with Crippen LogP contribution in [0.25, 0.3) is 0 Å². The van der Waals surface area contributed by atoms with E-state index in [0.717, 1.165) is 28.1 Å². The van der Waals surface area contributed by atoms with Crippen molar-refractivity contribution in [3.63, 3.8) is 0 Å². The summed E-state index contributed by atoms with van der Waals surface area (Å²) in [5, 5.41) is 3.46. The molecule has 2 atom stereocenters. The molecule has 0 aromatic heterocycles. The monoisotopic (exact) mass is 521 g/mol. The summed E-state index contributed by atoms with van der Waals surface area (Å²) in [6, 6.07) is 13.2. The smallest absolute Gasteiger partial charge is 0.244 e. The van der Waals surface area contributed by atoms with Crippen molar-refractivity contribution in [2.75, 3.05) is 17.1 Å². The van der Waals surface area contributed by atoms with E-state index in [-0.39, 0.29) is 24.4 Å². The first-order chi connectivity index (χ1) is 16.3. The number of carbonyl (C=O) groups is 2. The van der Waals surface area contributed by atoms with Crippen LogP contribution in [0.3, 0.4) is 0 Å². The molecule has 2 aromatic rings. The molecule has 1 N–H and O–H groups in total. The lowest BCUT2D eigenvalue weighted by molar-refractivity contribution is -0.139. The van der Waals surface area contributed by atoms with Gasteiger partial charge in [0.05, 0.1) is 11.9 Å². The highest BCUT2D eigenvalue weighted by molar-refractivity contribution is 7.92. The third-order valence-corrected chi connectivity index (χ3v) is 7.35. The third-order valence-electron chi connectivity index (χ3n) is 5.96. The zero-order valence-corrected chi connectivity index (χ0v) is 22.9. The van der Waals surface area contributed by atoms with Crippen molar-refractivity contribution in [3.8, 4) is 0 Å². The van der Waals surface area contributed by atoms with Crippen molar-refractivity contribution in [1.82, 2.24) is 10.2 Å². The van der Waals surface area contributed by atoms with E-state index in [4.69, 9.17) is 11.6 Å². The van der Waals surface area contributed by atoms with Gasteiger partial charge in [-0.3, -0.25) is 13.9 Å². The summed E-state index contributed by atoms with van der Waals surface area (Å²) in [5.41, 5.74) is 2.24. The van der Waals surface area contributed by atoms with Gasteiger partial charge < -0.3 is 10.2 Å². The second kappa shape index (κ2) is 12.4. The molecule has 0 saturated carbocycles. The summed E-state index contributed by atoms with van der Waals surface area (Å²) in [6.45, 7) is 9.31. The Kier molecular flexibility index (Phi) is 10.2. The number of nitrogens with zero attached hydrogens (tertiary/aromatic N) is 2. The number of hydrogen-bond donors (Lipinski definition) is 1. The standard InChI is InChI=1S/C26H36ClN3O4S/c1-7-19(4)28-26(32)20(5)29(16-21-8-12-23(27)13-9-21)25(31)17-30(35(6,33)34)24-14-10-22(11-15-24)18(2)3/h8-15,18-20H,7,16-17H2,1-6H3,(H,28,32)/t19-,20-/m1/s1. The molecular formula is C26H36ClN3O4S. The summed E-state index contributed by atoms with van der Waals surface area (Å²) in [5.74, 6) is -0.490. The molecule has 0 aliphatic carbocycles. The first-order valence-corrected chi connectivity index (χ1v) is 14.0. The van der Waals surface area contributed by atoms with Crippen molar-refractivity contribution in [2.45, 2.75) is 65.6 Å². The molecule has 192 valence electrons. The minimum Gasteiger partial charge on any atom is -0.352 e. The van der Waals surface area contributed by atoms with Crippen LogP contribution in [0.4, 0.5) is 5.69 Å². The largest absolute Gasteiger partial charge is 0.352 e. The Bertz CT molecular complexity index is 1100. The molecule has 2 rings (SSSR count). The number of carbonyl (C=O) groups excluding carboxylic acids is 2. The number of nitrogens with one attached hydrogen (secondary N) is 1. The Hall–Kier alpha value is -2.58. The van der Waals surface area contributed by atoms with Gasteiger partial charge in [0, 0.05) is 17.6 Å². The molecule has 2 aromatic carbocycles. The molecule has 0 unspecified atom stereocenters. The van der Waals surface area contributed by atoms with Crippen LogP contribution < -0.4 is 9.62 Å². The molecule has 0 bridgehead atoms. The maximum absolute atomic E-state index is 13.5. The van der Waals surface area contributed by atoms with Crippen molar-refractivity contribution in [1.29, 1.82) is 0 Å². The van der Waals surface area contributed by atoms with Gasteiger partial charge in [0.2, 0.25) is 21.8 Å². The molecule has 2 amide bonds. The summed E-state index contributed by atoms with van der Waals surface area (Å²) in [4.78, 5) is 27.8. The fourth-order valence-corrected chi connectivity index (χ4v) is 4.45. The van der Waals surface area contributed by atoms with Gasteiger partial charge in [0.25, 0.3) is 0 Å². The summed E-state index contributed by atoms with van der Waals surface area (Å²) >= 11 is 6.00. The summed E-state index contributed by atoms with van der Waals surface area (Å²) in [6.07, 6.45) is 1.82. The highest BCUT2D eigenvalue weighted by Gasteiger charge is 2.30. The highest BCUT2D eigenvalue weighted by Crippen LogP contribution is 2.23. The first-order valence-electron chi connectivity index (χ1n) is 11.7. The fraction of sp³-hybridized carbons (Fsp3) is 0.462. The molecule has 9 heteroatoms. The molecule has 35 heavy (non-hydrogen) atoms. The average molecular weight is 522 g/mol. The number of anilines is 1. The van der Waals surface area contributed by atoms with E-state index >= 15 is 0 Å². The second-order valence-corrected chi connectivity index (χ2v) is 11.5. The van der Waals surface area contributed by atoms with Crippen molar-refractivity contribution < 1.29 is 18.0 Å². The van der Waals surface area contributed by atoms with Crippen molar-refractivity contribution in [3.05, 3.63) is 64.7 Å². The van der Waals surface area contributed by atoms with Gasteiger partial charge in [-0.25, -0.2) is 8.42 Å². The second-order valence-electron chi connectivity index (χ2n) is 9.16. The molecule has 0 spiro atoms. The Morgan fingerprint density at radius 3 is 2.03 bits per heavy atom. The molecular weight excluding hydrogens is 486 g/mol. The van der Waals surface area contributed by atoms with Crippen LogP contribution in [0.15, 0.2) is 48.5 Å². The maximum Gasteiger partial charge on any atom is 0.244 e. The Morgan fingerprint density at radius 1 is 0.971 bits per heavy atom. The predicted molar refractivity (Wildman–Crippen MR) is 142 cm³/mol. The van der Waals surface area contributed by atoms with E-state index < -0.39 is 28.5 Å². The minimum absolute atomic E-state index is 0.0515. The Balaban J connectivity index is 2.37. The lowest BCUT2D eigenvalue weighted by Crippen LogP contribution is -2.52. The van der Waals surface area contributed by atoms with E-state index in [1.807, 2.05) is 39.8 Å². The molecule has 0 fully saturated rings. The van der Waals surface area contributed by atoms with E-state index in [1.54, 1.807) is 43.3 Å². The zero-order chi connectivity index (χ0) is 26.3. The van der Waals surface area contributed by atoms with Crippen LogP contribution in [-0.4, -0.2) is 50.0 Å². The van der Waals surface area contributed by atoms with E-state index in [0.29, 0.717) is 10.7 Å². The summed E-state index contributed by atoms with van der Waals surface area (Å²) < 4.78 is 26.4. The summed E-state index contributed by atoms with van der Waals surface area (Å²) in [7, 11) is -3.76. The number of hydrogen-bond acceptors (Lipinski definition) is 4. The van der Waals surface area contributed by atoms with Crippen LogP contribution >= 0.6 is 11.6 Å². The molecule has 7 nitrogen and oxygen atoms in total. The van der Waals surface area contributed by atoms with Gasteiger partial charge in [-0.1, -0.05) is 56.6 Å². The maximum atomic E-state index is 13.5. The number of benzene rings is 2. The minimum atomic E-state index is -3.76. The lowest BCUT2D eigenvalue weighted by atomic mass is 10.0. The lowest BCUT2D eigenvalue weighted by Gasteiger charge is -2.32. The number of amides is 2. The topological polar surface area (TPSA) is 86.8 Å². The normalized spacial score (nSPS) is 13.3. The SMILES string of the molecule is CC[C@@H](C)NC(=O)[C@@H](C)N(Cc1ccc(Cl)cc1)C(=O)CN(c1ccc(C(C)C)cc1)S(C)(=O)=O. The van der Waals surface area contributed by atoms with Gasteiger partial charge in [-0.15, -0.1) is 0 Å². The number of halogens is 1. The van der Waals surface area contributed by atoms with Gasteiger partial charge >= 0.3 is 0 Å². The Labute approximate surface area is 214 Å². The highest BCUT2D eigenvalue weighted by atomic mass is 35.5. The molecule has 0 heterocycles. The van der Waals surface area contributed by atoms with Gasteiger partial charge in [0.1, 0.15) is 12.6 Å². The average Bonchev–Trinajstić information content (AvgIpc) is 2.80. The van der Waals surface area contributed by atoms with Crippen LogP contribution in [0.5, 0.6) is 0 Å². The third kappa shape index (κ3) is 8.25. The molecule has 0 radical (unpaired) electrons. The predicted octanol–water partition coefficient (Wildman–Crippen LogP) is 4.56. The number of sulfonamides is 1. The van der Waals surface area contributed by atoms with E-state index in [1.165, 1.54) is 4.90 Å². The molecule has 0 aliphatic heterocycles. The van der Waals surface area contributed by atoms with Crippen LogP contribution in [0.1, 0.15) is 58.1 Å². The zero-order valence-electron chi connectivity index (χ0n) is 21.3. The van der Waals surface area contributed by atoms with Crippen LogP contribution in [0, 0.1) is 0 Å². The van der Waals surface area contributed by atoms with Crippen molar-refractivity contribution in [2.24, 2.45) is 0 Å². The van der Waals surface area contributed by atoms with Gasteiger partial charge in [0.15, 0.2) is 0 Å². The quantitative estimate of drug-likeness (QED) is 0.469. The Morgan fingerprint density at radius 2 is 1.54 bits per heavy atom. The fourth-order valence-electron chi connectivity index (χ4n) is 3.47. The van der Waals surface area contributed by atoms with Gasteiger partial charge in [-0.05, 0) is 61.6 Å². The first kappa shape index (κ1) is 28.7. The van der Waals surface area contributed by atoms with Crippen molar-refractivity contribution >= 4 is 39.1 Å². The molecule has 0 saturated heterocycles. The van der Waals surface area contributed by atoms with Crippen LogP contribution in [0.2, 0.25) is 5.02 Å². The number of rotatable bonds is 11. The molecule has 0 aliphatic rings.